The molecule has 1 atom stereocenters. The summed E-state index contributed by atoms with van der Waals surface area (Å²) < 4.78 is 16.0. The summed E-state index contributed by atoms with van der Waals surface area (Å²) in [4.78, 5) is 14.9. The number of carbonyl (C=O) groups is 1. The van der Waals surface area contributed by atoms with E-state index in [1.54, 1.807) is 25.9 Å². The van der Waals surface area contributed by atoms with Crippen LogP contribution in [0.25, 0.3) is 0 Å². The molecule has 0 radical (unpaired) electrons. The Kier molecular flexibility index (Phi) is 4.94. The van der Waals surface area contributed by atoms with Gasteiger partial charge in [0.05, 0.1) is 12.2 Å². The molecule has 8 nitrogen and oxygen atoms in total. The molecule has 0 aromatic carbocycles. The van der Waals surface area contributed by atoms with Crippen molar-refractivity contribution in [2.75, 3.05) is 13.7 Å². The molecule has 130 valence electrons. The zero-order valence-electron chi connectivity index (χ0n) is 14.2. The first-order valence-electron chi connectivity index (χ1n) is 8.17. The first-order valence-corrected chi connectivity index (χ1v) is 8.17. The minimum absolute atomic E-state index is 0.179. The predicted octanol–water partition coefficient (Wildman–Crippen LogP) is 2.58. The van der Waals surface area contributed by atoms with Crippen molar-refractivity contribution in [1.29, 1.82) is 0 Å². The highest BCUT2D eigenvalue weighted by atomic mass is 16.5. The molecule has 0 N–H and O–H groups in total. The van der Waals surface area contributed by atoms with Gasteiger partial charge in [0, 0.05) is 20.6 Å². The molecule has 2 aromatic heterocycles. The largest absolute Gasteiger partial charge is 0.423 e. The van der Waals surface area contributed by atoms with Crippen LogP contribution in [-0.2, 0) is 11.3 Å². The lowest BCUT2D eigenvalue weighted by Crippen LogP contribution is -2.35. The maximum atomic E-state index is 13.1. The number of rotatable bonds is 4. The van der Waals surface area contributed by atoms with Crippen molar-refractivity contribution in [3.8, 4) is 0 Å². The van der Waals surface area contributed by atoms with E-state index in [9.17, 15) is 4.79 Å². The Morgan fingerprint density at radius 1 is 1.29 bits per heavy atom. The summed E-state index contributed by atoms with van der Waals surface area (Å²) in [7, 11) is 1.58. The summed E-state index contributed by atoms with van der Waals surface area (Å²) in [6.45, 7) is 4.44. The van der Waals surface area contributed by atoms with Crippen LogP contribution in [0.4, 0.5) is 0 Å². The highest BCUT2D eigenvalue weighted by Crippen LogP contribution is 2.31. The van der Waals surface area contributed by atoms with Crippen LogP contribution < -0.4 is 0 Å². The number of ether oxygens (including phenoxy) is 1. The number of hydrogen-bond acceptors (Lipinski definition) is 7. The van der Waals surface area contributed by atoms with E-state index in [0.717, 1.165) is 25.7 Å². The van der Waals surface area contributed by atoms with Gasteiger partial charge >= 0.3 is 0 Å². The summed E-state index contributed by atoms with van der Waals surface area (Å²) >= 11 is 0. The Bertz CT molecular complexity index is 709. The average Bonchev–Trinajstić information content (AvgIpc) is 3.05. The van der Waals surface area contributed by atoms with Gasteiger partial charge in [-0.15, -0.1) is 10.2 Å². The topological polar surface area (TPSA) is 94.5 Å². The lowest BCUT2D eigenvalue weighted by atomic mass is 10.1. The third-order valence-electron chi connectivity index (χ3n) is 4.32. The standard InChI is InChI=1S/C16H22N4O4/c1-10-12(9-22-3)14(19-24-10)16(21)20-8-6-4-5-7-13(20)15-18-17-11(2)23-15/h13H,4-9H2,1-3H3. The highest BCUT2D eigenvalue weighted by Gasteiger charge is 2.34. The Morgan fingerprint density at radius 2 is 2.12 bits per heavy atom. The third-order valence-corrected chi connectivity index (χ3v) is 4.32. The summed E-state index contributed by atoms with van der Waals surface area (Å²) in [5, 5.41) is 12.0. The maximum absolute atomic E-state index is 13.1. The molecule has 0 aliphatic carbocycles. The SMILES string of the molecule is COCc1c(C(=O)N2CCCCCC2c2nnc(C)o2)noc1C. The molecule has 1 unspecified atom stereocenters. The van der Waals surface area contributed by atoms with Crippen LogP contribution in [0.1, 0.15) is 65.3 Å². The number of aryl methyl sites for hydroxylation is 2. The Hall–Kier alpha value is -2.22. The van der Waals surface area contributed by atoms with Crippen molar-refractivity contribution in [1.82, 2.24) is 20.3 Å². The minimum Gasteiger partial charge on any atom is -0.423 e. The molecule has 0 saturated carbocycles. The number of likely N-dealkylation sites (tertiary alicyclic amines) is 1. The summed E-state index contributed by atoms with van der Waals surface area (Å²) in [6, 6.07) is -0.228. The Labute approximate surface area is 140 Å². The normalized spacial score (nSPS) is 18.6. The molecule has 1 aliphatic heterocycles. The molecule has 3 heterocycles. The van der Waals surface area contributed by atoms with E-state index in [1.807, 2.05) is 0 Å². The number of nitrogens with zero attached hydrogens (tertiary/aromatic N) is 4. The number of carbonyl (C=O) groups excluding carboxylic acids is 1. The van der Waals surface area contributed by atoms with Gasteiger partial charge in [0.1, 0.15) is 11.8 Å². The van der Waals surface area contributed by atoms with Crippen LogP contribution >= 0.6 is 0 Å². The molecule has 0 spiro atoms. The van der Waals surface area contributed by atoms with Crippen molar-refractivity contribution in [2.24, 2.45) is 0 Å². The van der Waals surface area contributed by atoms with Gasteiger partial charge in [0.2, 0.25) is 11.8 Å². The first-order chi connectivity index (χ1) is 11.6. The van der Waals surface area contributed by atoms with Gasteiger partial charge in [0.15, 0.2) is 5.69 Å². The number of amides is 1. The lowest BCUT2D eigenvalue weighted by molar-refractivity contribution is 0.0636. The van der Waals surface area contributed by atoms with Crippen molar-refractivity contribution < 1.29 is 18.5 Å². The second kappa shape index (κ2) is 7.12. The van der Waals surface area contributed by atoms with Crippen LogP contribution in [0.5, 0.6) is 0 Å². The number of hydrogen-bond donors (Lipinski definition) is 0. The first kappa shape index (κ1) is 16.6. The maximum Gasteiger partial charge on any atom is 0.277 e. The molecular formula is C16H22N4O4. The van der Waals surface area contributed by atoms with Crippen LogP contribution in [0.15, 0.2) is 8.94 Å². The van der Waals surface area contributed by atoms with Gasteiger partial charge in [-0.05, 0) is 19.8 Å². The van der Waals surface area contributed by atoms with Crippen LogP contribution in [0, 0.1) is 13.8 Å². The molecule has 0 bridgehead atoms. The Morgan fingerprint density at radius 3 is 2.83 bits per heavy atom. The van der Waals surface area contributed by atoms with Crippen LogP contribution in [0.2, 0.25) is 0 Å². The fourth-order valence-corrected chi connectivity index (χ4v) is 3.06. The predicted molar refractivity (Wildman–Crippen MR) is 83.2 cm³/mol. The van der Waals surface area contributed by atoms with Gasteiger partial charge in [0.25, 0.3) is 5.91 Å². The van der Waals surface area contributed by atoms with E-state index in [4.69, 9.17) is 13.7 Å². The van der Waals surface area contributed by atoms with Gasteiger partial charge < -0.3 is 18.6 Å². The van der Waals surface area contributed by atoms with Crippen LogP contribution in [0.3, 0.4) is 0 Å². The summed E-state index contributed by atoms with van der Waals surface area (Å²) in [6.07, 6.45) is 3.81. The monoisotopic (exact) mass is 334 g/mol. The smallest absolute Gasteiger partial charge is 0.277 e. The molecule has 1 fully saturated rings. The zero-order valence-corrected chi connectivity index (χ0v) is 14.2. The fraction of sp³-hybridized carbons (Fsp3) is 0.625. The van der Waals surface area contributed by atoms with Gasteiger partial charge in [-0.1, -0.05) is 18.0 Å². The van der Waals surface area contributed by atoms with Gasteiger partial charge in [-0.2, -0.15) is 0 Å². The molecular weight excluding hydrogens is 312 g/mol. The van der Waals surface area contributed by atoms with E-state index >= 15 is 0 Å². The summed E-state index contributed by atoms with van der Waals surface area (Å²) in [5.74, 6) is 1.40. The van der Waals surface area contributed by atoms with E-state index in [2.05, 4.69) is 15.4 Å². The molecule has 1 aliphatic rings. The van der Waals surface area contributed by atoms with Gasteiger partial charge in [-0.25, -0.2) is 0 Å². The quantitative estimate of drug-likeness (QED) is 0.848. The van der Waals surface area contributed by atoms with Crippen molar-refractivity contribution in [2.45, 2.75) is 52.2 Å². The average molecular weight is 334 g/mol. The van der Waals surface area contributed by atoms with Crippen LogP contribution in [-0.4, -0.2) is 39.8 Å². The zero-order chi connectivity index (χ0) is 17.1. The molecule has 1 saturated heterocycles. The minimum atomic E-state index is -0.228. The fourth-order valence-electron chi connectivity index (χ4n) is 3.06. The second-order valence-corrected chi connectivity index (χ2v) is 6.02. The molecule has 1 amide bonds. The number of aromatic nitrogens is 3. The van der Waals surface area contributed by atoms with E-state index in [-0.39, 0.29) is 18.6 Å². The van der Waals surface area contributed by atoms with E-state index in [0.29, 0.717) is 35.3 Å². The highest BCUT2D eigenvalue weighted by molar-refractivity contribution is 5.94. The number of methoxy groups -OCH3 is 1. The molecule has 8 heteroatoms. The lowest BCUT2D eigenvalue weighted by Gasteiger charge is -2.27. The second-order valence-electron chi connectivity index (χ2n) is 6.02. The van der Waals surface area contributed by atoms with Crippen molar-refractivity contribution in [3.05, 3.63) is 28.8 Å². The molecule has 24 heavy (non-hydrogen) atoms. The Balaban J connectivity index is 1.93. The van der Waals surface area contributed by atoms with E-state index in [1.165, 1.54) is 0 Å². The molecule has 3 rings (SSSR count). The van der Waals surface area contributed by atoms with Crippen molar-refractivity contribution >= 4 is 5.91 Å². The van der Waals surface area contributed by atoms with Crippen molar-refractivity contribution in [3.63, 3.8) is 0 Å². The third kappa shape index (κ3) is 3.19. The summed E-state index contributed by atoms with van der Waals surface area (Å²) in [5.41, 5.74) is 0.990. The molecule has 2 aromatic rings. The van der Waals surface area contributed by atoms with Gasteiger partial charge in [-0.3, -0.25) is 4.79 Å². The van der Waals surface area contributed by atoms with E-state index < -0.39 is 0 Å².